The predicted octanol–water partition coefficient (Wildman–Crippen LogP) is 5.31. The molecule has 5 aromatic rings. The molecule has 1 aliphatic carbocycles. The minimum atomic E-state index is -4.65. The highest BCUT2D eigenvalue weighted by Crippen LogP contribution is 2.48. The number of ether oxygens (including phenoxy) is 1. The first-order valence-corrected chi connectivity index (χ1v) is 17.1. The molecule has 6 N–H and O–H groups in total. The molecule has 0 radical (unpaired) electrons. The van der Waals surface area contributed by atoms with Gasteiger partial charge in [0.15, 0.2) is 6.61 Å². The first kappa shape index (κ1) is 38.9. The van der Waals surface area contributed by atoms with E-state index in [4.69, 9.17) is 16.3 Å². The molecule has 0 spiro atoms. The van der Waals surface area contributed by atoms with Crippen LogP contribution in [0.3, 0.4) is 0 Å². The number of carbonyl (C=O) groups excluding carboxylic acids is 3. The van der Waals surface area contributed by atoms with E-state index < -0.39 is 60.6 Å². The second-order valence-corrected chi connectivity index (χ2v) is 12.9. The number of aromatic nitrogens is 4. The summed E-state index contributed by atoms with van der Waals surface area (Å²) in [7, 11) is 0. The number of amides is 3. The van der Waals surface area contributed by atoms with Gasteiger partial charge in [-0.3, -0.25) is 19.4 Å². The lowest BCUT2D eigenvalue weighted by Gasteiger charge is -2.19. The molecule has 19 heteroatoms. The summed E-state index contributed by atoms with van der Waals surface area (Å²) in [6.07, 6.45) is -0.0450. The summed E-state index contributed by atoms with van der Waals surface area (Å²) < 4.78 is 43.7. The fraction of sp³-hybridized carbons (Fsp3) is 0.189. The number of carboxylic acids is 1. The molecule has 288 valence electrons. The van der Waals surface area contributed by atoms with Crippen molar-refractivity contribution >= 4 is 58.6 Å². The molecule has 2 heterocycles. The number of pyridine rings is 1. The van der Waals surface area contributed by atoms with Gasteiger partial charge in [0.2, 0.25) is 11.9 Å². The van der Waals surface area contributed by atoms with Crippen molar-refractivity contribution in [1.82, 2.24) is 30.6 Å². The van der Waals surface area contributed by atoms with Crippen LogP contribution in [0.5, 0.6) is 6.01 Å². The Morgan fingerprint density at radius 3 is 2.20 bits per heavy atom. The average Bonchev–Trinajstić information content (AvgIpc) is 3.96. The van der Waals surface area contributed by atoms with Crippen molar-refractivity contribution in [3.63, 3.8) is 0 Å². The third-order valence-corrected chi connectivity index (χ3v) is 8.54. The molecule has 0 aliphatic heterocycles. The van der Waals surface area contributed by atoms with Crippen LogP contribution in [0.2, 0.25) is 5.02 Å². The highest BCUT2D eigenvalue weighted by Gasteiger charge is 2.45. The highest BCUT2D eigenvalue weighted by molar-refractivity contribution is 6.39. The number of nitrogens with zero attached hydrogens (tertiary/aromatic N) is 4. The largest absolute Gasteiger partial charge is 0.480 e. The molecular weight excluding hydrogens is 759 g/mol. The zero-order chi connectivity index (χ0) is 39.9. The van der Waals surface area contributed by atoms with Crippen molar-refractivity contribution in [2.24, 2.45) is 0 Å². The quantitative estimate of drug-likeness (QED) is 0.0791. The van der Waals surface area contributed by atoms with Gasteiger partial charge in [-0.15, -0.1) is 0 Å². The van der Waals surface area contributed by atoms with E-state index in [2.05, 4.69) is 46.5 Å². The van der Waals surface area contributed by atoms with E-state index >= 15 is 0 Å². The second kappa shape index (κ2) is 16.7. The van der Waals surface area contributed by atoms with Crippen LogP contribution in [-0.2, 0) is 19.9 Å². The van der Waals surface area contributed by atoms with Crippen molar-refractivity contribution < 1.29 is 42.2 Å². The normalized spacial score (nSPS) is 13.4. The molecule has 1 atom stereocenters. The number of alkyl halides is 3. The number of carboxylic acid groups (broad SMARTS) is 1. The third kappa shape index (κ3) is 10.4. The zero-order valence-electron chi connectivity index (χ0n) is 28.9. The van der Waals surface area contributed by atoms with Crippen LogP contribution in [0.25, 0.3) is 11.1 Å². The van der Waals surface area contributed by atoms with Gasteiger partial charge in [-0.05, 0) is 90.2 Å². The van der Waals surface area contributed by atoms with Gasteiger partial charge in [-0.1, -0.05) is 35.9 Å². The monoisotopic (exact) mass is 789 g/mol. The van der Waals surface area contributed by atoms with Crippen LogP contribution in [0.1, 0.15) is 28.8 Å². The third-order valence-electron chi connectivity index (χ3n) is 8.29. The van der Waals surface area contributed by atoms with E-state index in [9.17, 15) is 37.5 Å². The number of hydrogen-bond donors (Lipinski definition) is 6. The number of halogens is 4. The minimum Gasteiger partial charge on any atom is -0.480 e. The summed E-state index contributed by atoms with van der Waals surface area (Å²) in [4.78, 5) is 66.2. The molecule has 1 saturated carbocycles. The molecule has 1 fully saturated rings. The van der Waals surface area contributed by atoms with E-state index in [0.717, 1.165) is 16.7 Å². The Morgan fingerprint density at radius 2 is 1.54 bits per heavy atom. The molecule has 2 aromatic heterocycles. The summed E-state index contributed by atoms with van der Waals surface area (Å²) in [6.45, 7) is -2.25. The first-order valence-electron chi connectivity index (χ1n) is 16.8. The van der Waals surface area contributed by atoms with Crippen LogP contribution >= 0.6 is 11.6 Å². The second-order valence-electron chi connectivity index (χ2n) is 12.4. The van der Waals surface area contributed by atoms with Crippen molar-refractivity contribution in [1.29, 1.82) is 0 Å². The summed E-state index contributed by atoms with van der Waals surface area (Å²) in [5.41, 5.74) is 2.54. The van der Waals surface area contributed by atoms with Gasteiger partial charge < -0.3 is 36.4 Å². The van der Waals surface area contributed by atoms with Gasteiger partial charge in [0.25, 0.3) is 5.91 Å². The van der Waals surface area contributed by atoms with Crippen molar-refractivity contribution in [3.05, 3.63) is 113 Å². The van der Waals surface area contributed by atoms with Crippen LogP contribution in [0, 0.1) is 0 Å². The van der Waals surface area contributed by atoms with E-state index in [0.29, 0.717) is 29.2 Å². The lowest BCUT2D eigenvalue weighted by Crippen LogP contribution is -2.50. The summed E-state index contributed by atoms with van der Waals surface area (Å²) >= 11 is 6.02. The van der Waals surface area contributed by atoms with Gasteiger partial charge in [-0.25, -0.2) is 4.79 Å². The Bertz CT molecular complexity index is 2230. The zero-order valence-corrected chi connectivity index (χ0v) is 29.7. The number of benzene rings is 3. The maximum Gasteiger partial charge on any atom is 0.422 e. The van der Waals surface area contributed by atoms with Gasteiger partial charge in [-0.2, -0.15) is 28.1 Å². The minimum absolute atomic E-state index is 0.0193. The van der Waals surface area contributed by atoms with E-state index in [-0.39, 0.29) is 17.5 Å². The van der Waals surface area contributed by atoms with Crippen LogP contribution in [0.15, 0.2) is 97.3 Å². The Labute approximate surface area is 321 Å². The van der Waals surface area contributed by atoms with Gasteiger partial charge in [0, 0.05) is 40.9 Å². The predicted molar refractivity (Wildman–Crippen MR) is 197 cm³/mol. The van der Waals surface area contributed by atoms with E-state index in [1.54, 1.807) is 54.9 Å². The number of hydrogen-bond acceptors (Lipinski definition) is 11. The molecule has 3 aromatic carbocycles. The summed E-state index contributed by atoms with van der Waals surface area (Å²) in [5, 5.41) is 23.2. The van der Waals surface area contributed by atoms with E-state index in [1.165, 1.54) is 24.3 Å². The maximum atomic E-state index is 13.0. The number of anilines is 4. The molecule has 0 bridgehead atoms. The maximum absolute atomic E-state index is 13.0. The molecule has 56 heavy (non-hydrogen) atoms. The lowest BCUT2D eigenvalue weighted by atomic mass is 10.1. The number of aliphatic carboxylic acids is 1. The molecular formula is C37H31ClF3N9O6. The fourth-order valence-corrected chi connectivity index (χ4v) is 5.46. The summed E-state index contributed by atoms with van der Waals surface area (Å²) in [6, 6.07) is 20.7. The number of rotatable bonds is 14. The molecule has 1 aliphatic rings. The smallest absolute Gasteiger partial charge is 0.422 e. The Kier molecular flexibility index (Phi) is 11.6. The highest BCUT2D eigenvalue weighted by atomic mass is 35.5. The van der Waals surface area contributed by atoms with Gasteiger partial charge >= 0.3 is 30.0 Å². The Morgan fingerprint density at radius 1 is 0.839 bits per heavy atom. The SMILES string of the molecule is O=C(NC[C@H](NC(=O)c1ccc(Nc2nc(NC3(c4ccc(Cl)cc4)CC3)nc(OCC(F)(F)F)n2)cc1)C(=O)O)C(=O)Nc1cccc(-c2ccncc2)c1. The molecule has 6 rings (SSSR count). The summed E-state index contributed by atoms with van der Waals surface area (Å²) in [5.74, 6) is -4.70. The van der Waals surface area contributed by atoms with Crippen molar-refractivity contribution in [3.8, 4) is 17.1 Å². The van der Waals surface area contributed by atoms with Crippen molar-refractivity contribution in [2.45, 2.75) is 30.6 Å². The lowest BCUT2D eigenvalue weighted by molar-refractivity contribution is -0.154. The Hall–Kier alpha value is -6.82. The fourth-order valence-electron chi connectivity index (χ4n) is 5.33. The molecule has 15 nitrogen and oxygen atoms in total. The van der Waals surface area contributed by atoms with Gasteiger partial charge in [0.1, 0.15) is 6.04 Å². The molecule has 0 saturated heterocycles. The number of carbonyl (C=O) groups is 4. The number of nitrogens with one attached hydrogen (secondary N) is 5. The standard InChI is InChI=1S/C37H31ClF3N9O6/c38-25-8-6-24(7-9-25)36(14-15-36)50-34-47-33(48-35(49-34)56-20-37(39,40)41)45-26-10-4-22(5-11-26)29(51)46-28(32(54)55)19-43-30(52)31(53)44-27-3-1-2-23(18-27)21-12-16-42-17-13-21/h1-13,16-18,28H,14-15,19-20H2,(H,43,52)(H,44,53)(H,46,51)(H,54,55)(H2,45,47,48,49,50)/t28-/m0/s1. The van der Waals surface area contributed by atoms with E-state index in [1.807, 2.05) is 18.2 Å². The molecule has 3 amide bonds. The Balaban J connectivity index is 1.06. The molecule has 0 unspecified atom stereocenters. The van der Waals surface area contributed by atoms with Crippen LogP contribution < -0.4 is 31.3 Å². The van der Waals surface area contributed by atoms with Gasteiger partial charge in [0.05, 0.1) is 5.54 Å². The van der Waals surface area contributed by atoms with Crippen LogP contribution in [-0.4, -0.2) is 74.1 Å². The topological polar surface area (TPSA) is 209 Å². The first-order chi connectivity index (χ1) is 26.7. The van der Waals surface area contributed by atoms with Crippen molar-refractivity contribution in [2.75, 3.05) is 29.1 Å². The average molecular weight is 790 g/mol. The van der Waals surface area contributed by atoms with Crippen LogP contribution in [0.4, 0.5) is 36.4 Å².